The highest BCUT2D eigenvalue weighted by Gasteiger charge is 2.31. The molecule has 0 aliphatic carbocycles. The Labute approximate surface area is 193 Å². The van der Waals surface area contributed by atoms with Gasteiger partial charge in [-0.1, -0.05) is 0 Å². The van der Waals surface area contributed by atoms with E-state index >= 15 is 0 Å². The molecule has 13 heteroatoms. The first-order valence-corrected chi connectivity index (χ1v) is 11.7. The van der Waals surface area contributed by atoms with Crippen molar-refractivity contribution >= 4 is 38.9 Å². The summed E-state index contributed by atoms with van der Waals surface area (Å²) in [4.78, 5) is 21.1. The van der Waals surface area contributed by atoms with Gasteiger partial charge in [0.05, 0.1) is 23.1 Å². The lowest BCUT2D eigenvalue weighted by atomic mass is 10.1. The van der Waals surface area contributed by atoms with Crippen molar-refractivity contribution in [3.63, 3.8) is 0 Å². The fourth-order valence-electron chi connectivity index (χ4n) is 2.97. The van der Waals surface area contributed by atoms with Crippen molar-refractivity contribution in [1.29, 1.82) is 0 Å². The van der Waals surface area contributed by atoms with E-state index in [9.17, 15) is 26.4 Å². The van der Waals surface area contributed by atoms with Crippen molar-refractivity contribution in [2.75, 3.05) is 34.0 Å². The molecule has 0 aliphatic rings. The van der Waals surface area contributed by atoms with Crippen molar-refractivity contribution in [3.8, 4) is 0 Å². The standard InChI is InChI=1S/C21H21F3N6O3S/c1-25-18-8-13(5-7-26-18)12-28-19-17(4-3-6-27-19)20(31)29-15-9-14(21(22,23)24)10-16(11-15)30-34(2,32)33/h3-11,30H,12H2,1-2H3,(H,25,26)(H,27,28)(H,29,31). The molecule has 2 heterocycles. The number of carbonyl (C=O) groups excluding carboxylic acids is 1. The summed E-state index contributed by atoms with van der Waals surface area (Å²) in [6.07, 6.45) is -0.873. The number of halogens is 3. The number of nitrogens with zero attached hydrogens (tertiary/aromatic N) is 2. The minimum atomic E-state index is -4.76. The third-order valence-electron chi connectivity index (χ3n) is 4.41. The average molecular weight is 494 g/mol. The molecule has 2 aromatic heterocycles. The van der Waals surface area contributed by atoms with Crippen LogP contribution in [0.25, 0.3) is 0 Å². The molecule has 0 fully saturated rings. The second kappa shape index (κ2) is 9.95. The number of hydrogen-bond acceptors (Lipinski definition) is 7. The summed E-state index contributed by atoms with van der Waals surface area (Å²) >= 11 is 0. The summed E-state index contributed by atoms with van der Waals surface area (Å²) < 4.78 is 64.9. The summed E-state index contributed by atoms with van der Waals surface area (Å²) in [5.41, 5.74) is -0.770. The van der Waals surface area contributed by atoms with E-state index in [1.54, 1.807) is 25.4 Å². The monoisotopic (exact) mass is 494 g/mol. The fraction of sp³-hybridized carbons (Fsp3) is 0.190. The van der Waals surface area contributed by atoms with Crippen LogP contribution in [0, 0.1) is 0 Å². The van der Waals surface area contributed by atoms with Crippen LogP contribution in [0.4, 0.5) is 36.2 Å². The van der Waals surface area contributed by atoms with Gasteiger partial charge in [0.1, 0.15) is 11.6 Å². The topological polar surface area (TPSA) is 125 Å². The molecule has 0 saturated carbocycles. The molecule has 0 atom stereocenters. The molecule has 1 aromatic carbocycles. The van der Waals surface area contributed by atoms with Gasteiger partial charge in [-0.2, -0.15) is 13.2 Å². The third kappa shape index (κ3) is 6.81. The number of anilines is 4. The van der Waals surface area contributed by atoms with Crippen LogP contribution in [0.15, 0.2) is 54.9 Å². The number of pyridine rings is 2. The maximum atomic E-state index is 13.3. The van der Waals surface area contributed by atoms with E-state index < -0.39 is 27.7 Å². The molecule has 0 unspecified atom stereocenters. The summed E-state index contributed by atoms with van der Waals surface area (Å²) in [7, 11) is -2.11. The van der Waals surface area contributed by atoms with Crippen LogP contribution in [0.1, 0.15) is 21.5 Å². The van der Waals surface area contributed by atoms with E-state index in [0.717, 1.165) is 17.9 Å². The summed E-state index contributed by atoms with van der Waals surface area (Å²) in [5, 5.41) is 8.32. The molecule has 0 saturated heterocycles. The summed E-state index contributed by atoms with van der Waals surface area (Å²) in [5.74, 6) is 0.136. The molecule has 0 aliphatic heterocycles. The van der Waals surface area contributed by atoms with Gasteiger partial charge in [-0.15, -0.1) is 0 Å². The van der Waals surface area contributed by atoms with Crippen LogP contribution < -0.4 is 20.7 Å². The molecule has 180 valence electrons. The Kier molecular flexibility index (Phi) is 7.25. The molecule has 3 rings (SSSR count). The number of carbonyl (C=O) groups is 1. The van der Waals surface area contributed by atoms with Crippen LogP contribution >= 0.6 is 0 Å². The lowest BCUT2D eigenvalue weighted by Gasteiger charge is -2.15. The van der Waals surface area contributed by atoms with E-state index in [2.05, 4.69) is 25.9 Å². The Morgan fingerprint density at radius 2 is 1.76 bits per heavy atom. The number of sulfonamides is 1. The van der Waals surface area contributed by atoms with Crippen molar-refractivity contribution in [2.45, 2.75) is 12.7 Å². The van der Waals surface area contributed by atoms with Crippen LogP contribution in [-0.4, -0.2) is 37.6 Å². The quantitative estimate of drug-likeness (QED) is 0.376. The number of alkyl halides is 3. The molecular weight excluding hydrogens is 473 g/mol. The second-order valence-electron chi connectivity index (χ2n) is 7.18. The van der Waals surface area contributed by atoms with E-state index in [1.807, 2.05) is 4.72 Å². The normalized spacial score (nSPS) is 11.6. The first-order valence-electron chi connectivity index (χ1n) is 9.77. The first-order chi connectivity index (χ1) is 15.9. The molecule has 4 N–H and O–H groups in total. The van der Waals surface area contributed by atoms with Gasteiger partial charge in [0.25, 0.3) is 5.91 Å². The Morgan fingerprint density at radius 1 is 1.03 bits per heavy atom. The largest absolute Gasteiger partial charge is 0.416 e. The minimum absolute atomic E-state index is 0.0837. The van der Waals surface area contributed by atoms with Gasteiger partial charge in [0.15, 0.2) is 0 Å². The summed E-state index contributed by atoms with van der Waals surface area (Å²) in [6.45, 7) is 0.306. The van der Waals surface area contributed by atoms with Gasteiger partial charge < -0.3 is 16.0 Å². The third-order valence-corrected chi connectivity index (χ3v) is 5.02. The Morgan fingerprint density at radius 3 is 2.44 bits per heavy atom. The first kappa shape index (κ1) is 24.8. The van der Waals surface area contributed by atoms with Crippen molar-refractivity contribution in [3.05, 3.63) is 71.5 Å². The number of benzene rings is 1. The maximum absolute atomic E-state index is 13.3. The molecule has 9 nitrogen and oxygen atoms in total. The molecule has 0 radical (unpaired) electrons. The van der Waals surface area contributed by atoms with Crippen LogP contribution in [-0.2, 0) is 22.7 Å². The Bertz CT molecular complexity index is 1300. The van der Waals surface area contributed by atoms with Gasteiger partial charge >= 0.3 is 6.18 Å². The fourth-order valence-corrected chi connectivity index (χ4v) is 3.52. The van der Waals surface area contributed by atoms with E-state index in [0.29, 0.717) is 24.5 Å². The molecule has 3 aromatic rings. The number of hydrogen-bond donors (Lipinski definition) is 4. The average Bonchev–Trinajstić information content (AvgIpc) is 2.76. The Hall–Kier alpha value is -3.87. The maximum Gasteiger partial charge on any atom is 0.416 e. The zero-order chi connectivity index (χ0) is 24.9. The zero-order valence-electron chi connectivity index (χ0n) is 18.1. The number of nitrogens with one attached hydrogen (secondary N) is 4. The SMILES string of the molecule is CNc1cc(CNc2ncccc2C(=O)Nc2cc(NS(C)(=O)=O)cc(C(F)(F)F)c2)ccn1. The van der Waals surface area contributed by atoms with E-state index in [4.69, 9.17) is 0 Å². The van der Waals surface area contributed by atoms with Gasteiger partial charge in [-0.25, -0.2) is 18.4 Å². The smallest absolute Gasteiger partial charge is 0.373 e. The zero-order valence-corrected chi connectivity index (χ0v) is 18.9. The second-order valence-corrected chi connectivity index (χ2v) is 8.93. The molecule has 0 bridgehead atoms. The number of rotatable bonds is 8. The number of amides is 1. The summed E-state index contributed by atoms with van der Waals surface area (Å²) in [6, 6.07) is 8.99. The lowest BCUT2D eigenvalue weighted by molar-refractivity contribution is -0.137. The highest BCUT2D eigenvalue weighted by molar-refractivity contribution is 7.92. The predicted molar refractivity (Wildman–Crippen MR) is 123 cm³/mol. The van der Waals surface area contributed by atoms with Crippen molar-refractivity contribution in [2.24, 2.45) is 0 Å². The van der Waals surface area contributed by atoms with E-state index in [1.165, 1.54) is 18.3 Å². The van der Waals surface area contributed by atoms with Crippen LogP contribution in [0.2, 0.25) is 0 Å². The predicted octanol–water partition coefficient (Wildman–Crippen LogP) is 3.77. The van der Waals surface area contributed by atoms with Crippen molar-refractivity contribution < 1.29 is 26.4 Å². The van der Waals surface area contributed by atoms with Crippen LogP contribution in [0.5, 0.6) is 0 Å². The molecule has 34 heavy (non-hydrogen) atoms. The highest BCUT2D eigenvalue weighted by Crippen LogP contribution is 2.34. The minimum Gasteiger partial charge on any atom is -0.373 e. The van der Waals surface area contributed by atoms with Crippen molar-refractivity contribution in [1.82, 2.24) is 9.97 Å². The lowest BCUT2D eigenvalue weighted by Crippen LogP contribution is -2.17. The van der Waals surface area contributed by atoms with Crippen LogP contribution in [0.3, 0.4) is 0 Å². The molecule has 1 amide bonds. The highest BCUT2D eigenvalue weighted by atomic mass is 32.2. The Balaban J connectivity index is 1.85. The molecular formula is C21H21F3N6O3S. The molecule has 0 spiro atoms. The van der Waals surface area contributed by atoms with Gasteiger partial charge in [-0.05, 0) is 48.0 Å². The number of aromatic nitrogens is 2. The van der Waals surface area contributed by atoms with Gasteiger partial charge in [0.2, 0.25) is 10.0 Å². The van der Waals surface area contributed by atoms with E-state index in [-0.39, 0.29) is 22.8 Å². The van der Waals surface area contributed by atoms with Gasteiger partial charge in [0, 0.05) is 31.7 Å². The van der Waals surface area contributed by atoms with Gasteiger partial charge in [-0.3, -0.25) is 9.52 Å².